The van der Waals surface area contributed by atoms with Crippen molar-refractivity contribution in [3.05, 3.63) is 60.7 Å². The van der Waals surface area contributed by atoms with Crippen molar-refractivity contribution >= 4 is 27.3 Å². The van der Waals surface area contributed by atoms with Crippen LogP contribution in [0.25, 0.3) is 0 Å². The molecule has 1 heterocycles. The van der Waals surface area contributed by atoms with Crippen LogP contribution in [-0.4, -0.2) is 32.8 Å². The molecule has 3 rings (SSSR count). The van der Waals surface area contributed by atoms with Crippen molar-refractivity contribution in [2.24, 2.45) is 0 Å². The first-order valence-electron chi connectivity index (χ1n) is 7.92. The minimum atomic E-state index is -3.76. The Kier molecular flexibility index (Phi) is 5.41. The number of nitrogens with zero attached hydrogens (tertiary/aromatic N) is 2. The highest BCUT2D eigenvalue weighted by Gasteiger charge is 2.15. The molecule has 0 atom stereocenters. The Balaban J connectivity index is 1.68. The zero-order chi connectivity index (χ0) is 19.3. The third-order valence-corrected chi connectivity index (χ3v) is 5.01. The predicted octanol–water partition coefficient (Wildman–Crippen LogP) is 3.04. The molecule has 0 spiro atoms. The Bertz CT molecular complexity index is 989. The minimum Gasteiger partial charge on any atom is -0.497 e. The molecule has 0 aliphatic carbocycles. The molecule has 0 fully saturated rings. The minimum absolute atomic E-state index is 0.102. The van der Waals surface area contributed by atoms with Crippen LogP contribution in [0.1, 0.15) is 0 Å². The largest absolute Gasteiger partial charge is 0.497 e. The van der Waals surface area contributed by atoms with Crippen LogP contribution in [0, 0.1) is 0 Å². The molecule has 9 heteroatoms. The van der Waals surface area contributed by atoms with Gasteiger partial charge in [0.15, 0.2) is 11.6 Å². The molecule has 140 valence electrons. The lowest BCUT2D eigenvalue weighted by Crippen LogP contribution is -2.14. The summed E-state index contributed by atoms with van der Waals surface area (Å²) in [5, 5.41) is 11.0. The van der Waals surface area contributed by atoms with Crippen molar-refractivity contribution in [1.29, 1.82) is 0 Å². The van der Waals surface area contributed by atoms with Crippen LogP contribution in [-0.2, 0) is 10.0 Å². The number of ether oxygens (including phenoxy) is 2. The van der Waals surface area contributed by atoms with Gasteiger partial charge in [-0.15, -0.1) is 10.2 Å². The normalized spacial score (nSPS) is 10.9. The Morgan fingerprint density at radius 2 is 1.26 bits per heavy atom. The molecule has 2 N–H and O–H groups in total. The van der Waals surface area contributed by atoms with Gasteiger partial charge in [0.05, 0.1) is 19.1 Å². The predicted molar refractivity (Wildman–Crippen MR) is 102 cm³/mol. The lowest BCUT2D eigenvalue weighted by molar-refractivity contribution is 0.414. The van der Waals surface area contributed by atoms with Gasteiger partial charge in [0, 0.05) is 5.69 Å². The highest BCUT2D eigenvalue weighted by Crippen LogP contribution is 2.20. The molecule has 0 saturated heterocycles. The fourth-order valence-corrected chi connectivity index (χ4v) is 3.22. The third kappa shape index (κ3) is 4.64. The zero-order valence-electron chi connectivity index (χ0n) is 14.7. The summed E-state index contributed by atoms with van der Waals surface area (Å²) in [5.41, 5.74) is 0.802. The van der Waals surface area contributed by atoms with E-state index in [4.69, 9.17) is 9.47 Å². The van der Waals surface area contributed by atoms with Crippen molar-refractivity contribution in [3.63, 3.8) is 0 Å². The summed E-state index contributed by atoms with van der Waals surface area (Å²) >= 11 is 0. The van der Waals surface area contributed by atoms with Gasteiger partial charge in [0.25, 0.3) is 10.0 Å². The smallest absolute Gasteiger partial charge is 0.263 e. The van der Waals surface area contributed by atoms with E-state index < -0.39 is 10.0 Å². The summed E-state index contributed by atoms with van der Waals surface area (Å²) < 4.78 is 37.3. The first-order valence-corrected chi connectivity index (χ1v) is 9.40. The number of rotatable bonds is 7. The van der Waals surface area contributed by atoms with E-state index in [1.807, 2.05) is 24.3 Å². The monoisotopic (exact) mass is 386 g/mol. The van der Waals surface area contributed by atoms with E-state index in [9.17, 15) is 8.42 Å². The second-order valence-electron chi connectivity index (χ2n) is 5.44. The van der Waals surface area contributed by atoms with Gasteiger partial charge in [-0.25, -0.2) is 8.42 Å². The van der Waals surface area contributed by atoms with Crippen LogP contribution in [0.5, 0.6) is 11.5 Å². The van der Waals surface area contributed by atoms with E-state index >= 15 is 0 Å². The Morgan fingerprint density at radius 1 is 0.741 bits per heavy atom. The first kappa shape index (κ1) is 18.5. The molecule has 0 aliphatic heterocycles. The Hall–Kier alpha value is -3.33. The SMILES string of the molecule is COc1ccc(Nc2ccc(NS(=O)(=O)c3ccc(OC)cc3)nn2)cc1. The van der Waals surface area contributed by atoms with Crippen molar-refractivity contribution in [2.45, 2.75) is 4.90 Å². The van der Waals surface area contributed by atoms with E-state index in [0.29, 0.717) is 11.6 Å². The van der Waals surface area contributed by atoms with E-state index in [2.05, 4.69) is 20.2 Å². The van der Waals surface area contributed by atoms with Crippen LogP contribution < -0.4 is 19.5 Å². The van der Waals surface area contributed by atoms with E-state index in [1.54, 1.807) is 25.3 Å². The summed E-state index contributed by atoms with van der Waals surface area (Å²) in [4.78, 5) is 0.102. The molecule has 1 aromatic heterocycles. The number of benzene rings is 2. The molecule has 0 saturated carbocycles. The number of aromatic nitrogens is 2. The number of anilines is 3. The molecule has 0 amide bonds. The quantitative estimate of drug-likeness (QED) is 0.643. The molecule has 27 heavy (non-hydrogen) atoms. The van der Waals surface area contributed by atoms with E-state index in [-0.39, 0.29) is 10.7 Å². The van der Waals surface area contributed by atoms with Gasteiger partial charge in [-0.2, -0.15) is 0 Å². The topological polar surface area (TPSA) is 102 Å². The number of hydrogen-bond acceptors (Lipinski definition) is 7. The summed E-state index contributed by atoms with van der Waals surface area (Å²) in [6.45, 7) is 0. The fourth-order valence-electron chi connectivity index (χ4n) is 2.23. The van der Waals surface area contributed by atoms with Crippen molar-refractivity contribution in [2.75, 3.05) is 24.3 Å². The van der Waals surface area contributed by atoms with Gasteiger partial charge in [-0.05, 0) is 60.7 Å². The molecule has 2 aromatic carbocycles. The van der Waals surface area contributed by atoms with Gasteiger partial charge in [-0.1, -0.05) is 0 Å². The van der Waals surface area contributed by atoms with Gasteiger partial charge >= 0.3 is 0 Å². The van der Waals surface area contributed by atoms with E-state index in [0.717, 1.165) is 11.4 Å². The maximum atomic E-state index is 12.4. The maximum absolute atomic E-state index is 12.4. The van der Waals surface area contributed by atoms with Gasteiger partial charge < -0.3 is 14.8 Å². The van der Waals surface area contributed by atoms with Crippen molar-refractivity contribution < 1.29 is 17.9 Å². The second-order valence-corrected chi connectivity index (χ2v) is 7.12. The average Bonchev–Trinajstić information content (AvgIpc) is 2.70. The van der Waals surface area contributed by atoms with Crippen LogP contribution in [0.3, 0.4) is 0 Å². The van der Waals surface area contributed by atoms with Crippen LogP contribution in [0.2, 0.25) is 0 Å². The highest BCUT2D eigenvalue weighted by atomic mass is 32.2. The molecule has 0 aliphatic rings. The summed E-state index contributed by atoms with van der Waals surface area (Å²) in [5.74, 6) is 1.91. The molecule has 0 unspecified atom stereocenters. The maximum Gasteiger partial charge on any atom is 0.263 e. The second kappa shape index (κ2) is 7.92. The lowest BCUT2D eigenvalue weighted by Gasteiger charge is -2.09. The standard InChI is InChI=1S/C18H18N4O4S/c1-25-14-5-3-13(4-6-14)19-17-11-12-18(21-20-17)22-27(23,24)16-9-7-15(26-2)8-10-16/h3-12H,1-2H3,(H,19,20)(H,21,22). The van der Waals surface area contributed by atoms with E-state index in [1.165, 1.54) is 25.3 Å². The lowest BCUT2D eigenvalue weighted by atomic mass is 10.3. The molecule has 0 bridgehead atoms. The van der Waals surface area contributed by atoms with Gasteiger partial charge in [0.2, 0.25) is 0 Å². The van der Waals surface area contributed by atoms with Crippen LogP contribution in [0.15, 0.2) is 65.6 Å². The number of nitrogens with one attached hydrogen (secondary N) is 2. The summed E-state index contributed by atoms with van der Waals surface area (Å²) in [6, 6.07) is 16.5. The Morgan fingerprint density at radius 3 is 1.78 bits per heavy atom. The van der Waals surface area contributed by atoms with Crippen LogP contribution >= 0.6 is 0 Å². The number of hydrogen-bond donors (Lipinski definition) is 2. The Labute approximate surface area is 157 Å². The first-order chi connectivity index (χ1) is 13.0. The average molecular weight is 386 g/mol. The molecule has 0 radical (unpaired) electrons. The number of methoxy groups -OCH3 is 2. The summed E-state index contributed by atoms with van der Waals surface area (Å²) in [6.07, 6.45) is 0. The molecular weight excluding hydrogens is 368 g/mol. The number of sulfonamides is 1. The van der Waals surface area contributed by atoms with Gasteiger partial charge in [-0.3, -0.25) is 4.72 Å². The van der Waals surface area contributed by atoms with Gasteiger partial charge in [0.1, 0.15) is 11.5 Å². The van der Waals surface area contributed by atoms with Crippen molar-refractivity contribution in [1.82, 2.24) is 10.2 Å². The van der Waals surface area contributed by atoms with Crippen LogP contribution in [0.4, 0.5) is 17.3 Å². The highest BCUT2D eigenvalue weighted by molar-refractivity contribution is 7.92. The third-order valence-electron chi connectivity index (χ3n) is 3.64. The molecule has 8 nitrogen and oxygen atoms in total. The zero-order valence-corrected chi connectivity index (χ0v) is 15.5. The molecule has 3 aromatic rings. The van der Waals surface area contributed by atoms with Crippen molar-refractivity contribution in [3.8, 4) is 11.5 Å². The fraction of sp³-hybridized carbons (Fsp3) is 0.111. The molecular formula is C18H18N4O4S. The summed E-state index contributed by atoms with van der Waals surface area (Å²) in [7, 11) is -0.650.